The van der Waals surface area contributed by atoms with E-state index in [9.17, 15) is 14.7 Å². The van der Waals surface area contributed by atoms with E-state index >= 15 is 0 Å². The second kappa shape index (κ2) is 4.67. The fraction of sp³-hybridized carbons (Fsp3) is 0.333. The Hall–Kier alpha value is -2.30. The molecule has 0 spiro atoms. The zero-order valence-corrected chi connectivity index (χ0v) is 11.0. The van der Waals surface area contributed by atoms with Crippen LogP contribution >= 0.6 is 0 Å². The molecule has 1 aromatic heterocycles. The summed E-state index contributed by atoms with van der Waals surface area (Å²) in [7, 11) is 0. The van der Waals surface area contributed by atoms with E-state index < -0.39 is 11.4 Å². The second-order valence-electron chi connectivity index (χ2n) is 5.33. The van der Waals surface area contributed by atoms with Gasteiger partial charge in [0.05, 0.1) is 11.1 Å². The van der Waals surface area contributed by atoms with Gasteiger partial charge >= 0.3 is 11.7 Å². The molecule has 1 saturated carbocycles. The lowest BCUT2D eigenvalue weighted by atomic mass is 9.78. The van der Waals surface area contributed by atoms with Gasteiger partial charge in [0.2, 0.25) is 0 Å². The third-order valence-electron chi connectivity index (χ3n) is 4.19. The molecule has 0 aliphatic heterocycles. The minimum Gasteiger partial charge on any atom is -0.481 e. The highest BCUT2D eigenvalue weighted by atomic mass is 16.4. The number of carbonyl (C=O) groups is 1. The van der Waals surface area contributed by atoms with Crippen LogP contribution in [0.1, 0.15) is 31.2 Å². The number of aromatic nitrogens is 2. The van der Waals surface area contributed by atoms with Gasteiger partial charge in [0.1, 0.15) is 0 Å². The van der Waals surface area contributed by atoms with Crippen LogP contribution in [0, 0.1) is 0 Å². The molecule has 5 nitrogen and oxygen atoms in total. The second-order valence-corrected chi connectivity index (χ2v) is 5.33. The summed E-state index contributed by atoms with van der Waals surface area (Å²) in [5, 5.41) is 9.62. The van der Waals surface area contributed by atoms with Gasteiger partial charge in [-0.25, -0.2) is 4.79 Å². The van der Waals surface area contributed by atoms with Crippen molar-refractivity contribution in [3.05, 3.63) is 46.5 Å². The normalized spacial score (nSPS) is 17.2. The topological polar surface area (TPSA) is 85.9 Å². The Kier molecular flexibility index (Phi) is 2.97. The molecular formula is C15H16N2O3. The maximum Gasteiger partial charge on any atom is 0.323 e. The fourth-order valence-corrected chi connectivity index (χ4v) is 3.08. The van der Waals surface area contributed by atoms with Crippen molar-refractivity contribution in [2.45, 2.75) is 31.1 Å². The van der Waals surface area contributed by atoms with Gasteiger partial charge in [0.25, 0.3) is 0 Å². The quantitative estimate of drug-likeness (QED) is 0.801. The molecule has 1 aliphatic rings. The molecule has 0 bridgehead atoms. The van der Waals surface area contributed by atoms with Crippen LogP contribution in [0.4, 0.5) is 0 Å². The lowest BCUT2D eigenvalue weighted by Crippen LogP contribution is -2.32. The molecule has 1 aliphatic carbocycles. The molecule has 1 heterocycles. The van der Waals surface area contributed by atoms with Gasteiger partial charge in [-0.05, 0) is 30.0 Å². The predicted molar refractivity (Wildman–Crippen MR) is 74.6 cm³/mol. The number of nitrogens with one attached hydrogen (secondary N) is 2. The zero-order valence-electron chi connectivity index (χ0n) is 11.0. The number of rotatable bonds is 3. The molecule has 20 heavy (non-hydrogen) atoms. The fourth-order valence-electron chi connectivity index (χ4n) is 3.08. The number of carboxylic acids is 1. The molecule has 5 heteroatoms. The largest absolute Gasteiger partial charge is 0.481 e. The number of hydrogen-bond donors (Lipinski definition) is 3. The standard InChI is InChI=1S/C15H16N2O3/c18-13(19)15(6-1-2-7-15)11-5-3-4-10(8-11)12-9-16-14(20)17-12/h3-5,8-9H,1-2,6-7H2,(H,18,19)(H2,16,17,20). The highest BCUT2D eigenvalue weighted by Gasteiger charge is 2.42. The first-order valence-corrected chi connectivity index (χ1v) is 6.74. The van der Waals surface area contributed by atoms with E-state index in [0.29, 0.717) is 18.5 Å². The predicted octanol–water partition coefficient (Wildman–Crippen LogP) is 2.27. The average Bonchev–Trinajstić information content (AvgIpc) is 3.08. The highest BCUT2D eigenvalue weighted by molar-refractivity contribution is 5.82. The van der Waals surface area contributed by atoms with Crippen LogP contribution in [0.3, 0.4) is 0 Å². The van der Waals surface area contributed by atoms with Crippen molar-refractivity contribution in [1.29, 1.82) is 0 Å². The Labute approximate surface area is 115 Å². The van der Waals surface area contributed by atoms with E-state index in [2.05, 4.69) is 9.97 Å². The molecular weight excluding hydrogens is 256 g/mol. The van der Waals surface area contributed by atoms with E-state index in [0.717, 1.165) is 24.0 Å². The first kappa shape index (κ1) is 12.7. The Morgan fingerprint density at radius 1 is 1.25 bits per heavy atom. The van der Waals surface area contributed by atoms with Crippen molar-refractivity contribution in [2.24, 2.45) is 0 Å². The summed E-state index contributed by atoms with van der Waals surface area (Å²) in [5.41, 5.74) is 1.29. The summed E-state index contributed by atoms with van der Waals surface area (Å²) in [6, 6.07) is 7.46. The average molecular weight is 272 g/mol. The van der Waals surface area contributed by atoms with Crippen LogP contribution < -0.4 is 5.69 Å². The number of hydrogen-bond acceptors (Lipinski definition) is 2. The Balaban J connectivity index is 2.07. The third kappa shape index (κ3) is 1.95. The summed E-state index contributed by atoms with van der Waals surface area (Å²) >= 11 is 0. The van der Waals surface area contributed by atoms with Crippen molar-refractivity contribution in [3.63, 3.8) is 0 Å². The van der Waals surface area contributed by atoms with Crippen molar-refractivity contribution < 1.29 is 9.90 Å². The monoisotopic (exact) mass is 272 g/mol. The van der Waals surface area contributed by atoms with Gasteiger partial charge in [-0.2, -0.15) is 0 Å². The van der Waals surface area contributed by atoms with Crippen LogP contribution in [0.2, 0.25) is 0 Å². The smallest absolute Gasteiger partial charge is 0.323 e. The molecule has 0 amide bonds. The lowest BCUT2D eigenvalue weighted by molar-refractivity contribution is -0.143. The summed E-state index contributed by atoms with van der Waals surface area (Å²) in [4.78, 5) is 28.1. The number of aromatic amines is 2. The van der Waals surface area contributed by atoms with Crippen LogP contribution in [0.25, 0.3) is 11.3 Å². The zero-order chi connectivity index (χ0) is 14.2. The molecule has 3 N–H and O–H groups in total. The highest BCUT2D eigenvalue weighted by Crippen LogP contribution is 2.42. The van der Waals surface area contributed by atoms with Crippen LogP contribution in [0.15, 0.2) is 35.3 Å². The first-order chi connectivity index (χ1) is 9.62. The number of imidazole rings is 1. The lowest BCUT2D eigenvalue weighted by Gasteiger charge is -2.24. The molecule has 104 valence electrons. The molecule has 1 aromatic carbocycles. The molecule has 0 atom stereocenters. The number of aliphatic carboxylic acids is 1. The Morgan fingerprint density at radius 3 is 2.60 bits per heavy atom. The first-order valence-electron chi connectivity index (χ1n) is 6.74. The van der Waals surface area contributed by atoms with E-state index in [1.807, 2.05) is 24.3 Å². The van der Waals surface area contributed by atoms with Crippen LogP contribution in [-0.2, 0) is 10.2 Å². The van der Waals surface area contributed by atoms with Gasteiger partial charge in [-0.3, -0.25) is 4.79 Å². The summed E-state index contributed by atoms with van der Waals surface area (Å²) in [6.07, 6.45) is 4.84. The minimum absolute atomic E-state index is 0.265. The molecule has 3 rings (SSSR count). The van der Waals surface area contributed by atoms with E-state index in [1.165, 1.54) is 0 Å². The maximum atomic E-state index is 11.7. The summed E-state index contributed by atoms with van der Waals surface area (Å²) < 4.78 is 0. The van der Waals surface area contributed by atoms with Crippen molar-refractivity contribution in [2.75, 3.05) is 0 Å². The molecule has 0 radical (unpaired) electrons. The van der Waals surface area contributed by atoms with Gasteiger partial charge in [0.15, 0.2) is 0 Å². The summed E-state index contributed by atoms with van der Waals surface area (Å²) in [5.74, 6) is -0.755. The maximum absolute atomic E-state index is 11.7. The summed E-state index contributed by atoms with van der Waals surface area (Å²) in [6.45, 7) is 0. The molecule has 1 fully saturated rings. The van der Waals surface area contributed by atoms with Gasteiger partial charge in [0, 0.05) is 6.20 Å². The Morgan fingerprint density at radius 2 is 2.00 bits per heavy atom. The van der Waals surface area contributed by atoms with Gasteiger partial charge < -0.3 is 15.1 Å². The Bertz CT molecular complexity index is 693. The third-order valence-corrected chi connectivity index (χ3v) is 4.19. The van der Waals surface area contributed by atoms with Crippen molar-refractivity contribution in [3.8, 4) is 11.3 Å². The van der Waals surface area contributed by atoms with Crippen LogP contribution in [0.5, 0.6) is 0 Å². The molecule has 0 unspecified atom stereocenters. The molecule has 2 aromatic rings. The van der Waals surface area contributed by atoms with Crippen molar-refractivity contribution in [1.82, 2.24) is 9.97 Å². The van der Waals surface area contributed by atoms with E-state index in [-0.39, 0.29) is 5.69 Å². The minimum atomic E-state index is -0.771. The molecule has 0 saturated heterocycles. The number of H-pyrrole nitrogens is 2. The van der Waals surface area contributed by atoms with E-state index in [4.69, 9.17) is 0 Å². The van der Waals surface area contributed by atoms with Gasteiger partial charge in [-0.15, -0.1) is 0 Å². The SMILES string of the molecule is O=C(O)C1(c2cccc(-c3c[nH]c(=O)[nH]3)c2)CCCC1. The van der Waals surface area contributed by atoms with E-state index in [1.54, 1.807) is 6.20 Å². The number of benzene rings is 1. The van der Waals surface area contributed by atoms with Crippen molar-refractivity contribution >= 4 is 5.97 Å². The van der Waals surface area contributed by atoms with Gasteiger partial charge in [-0.1, -0.05) is 31.0 Å². The van der Waals surface area contributed by atoms with Crippen LogP contribution in [-0.4, -0.2) is 21.0 Å². The number of carboxylic acid groups (broad SMARTS) is 1.